The quantitative estimate of drug-likeness (QED) is 0.429. The number of anilines is 1. The second kappa shape index (κ2) is 10.2. The first kappa shape index (κ1) is 25.1. The highest BCUT2D eigenvalue weighted by molar-refractivity contribution is 7.92. The lowest BCUT2D eigenvalue weighted by molar-refractivity contribution is -0.120. The molecule has 0 aliphatic rings. The van der Waals surface area contributed by atoms with Crippen molar-refractivity contribution in [3.63, 3.8) is 0 Å². The number of carbonyl (C=O) groups is 1. The number of hydrogen-bond acceptors (Lipinski definition) is 3. The minimum atomic E-state index is -4.06. The fourth-order valence-electron chi connectivity index (χ4n) is 3.37. The van der Waals surface area contributed by atoms with Crippen LogP contribution in [0.5, 0.6) is 0 Å². The summed E-state index contributed by atoms with van der Waals surface area (Å²) < 4.78 is 28.0. The van der Waals surface area contributed by atoms with Gasteiger partial charge < -0.3 is 5.32 Å². The Kier molecular flexibility index (Phi) is 7.73. The molecule has 0 aliphatic heterocycles. The molecule has 1 N–H and O–H groups in total. The van der Waals surface area contributed by atoms with Gasteiger partial charge in [-0.15, -0.1) is 0 Å². The predicted molar refractivity (Wildman–Crippen MR) is 135 cm³/mol. The van der Waals surface area contributed by atoms with Gasteiger partial charge >= 0.3 is 0 Å². The van der Waals surface area contributed by atoms with E-state index >= 15 is 0 Å². The number of benzene rings is 3. The third-order valence-corrected chi connectivity index (χ3v) is 7.66. The lowest BCUT2D eigenvalue weighted by Crippen LogP contribution is -2.41. The third-order valence-electron chi connectivity index (χ3n) is 5.44. The van der Waals surface area contributed by atoms with Crippen molar-refractivity contribution in [1.82, 2.24) is 5.32 Å². The smallest absolute Gasteiger partial charge is 0.264 e. The van der Waals surface area contributed by atoms with Gasteiger partial charge in [0.2, 0.25) is 5.91 Å². The van der Waals surface area contributed by atoms with Crippen molar-refractivity contribution < 1.29 is 13.2 Å². The van der Waals surface area contributed by atoms with E-state index < -0.39 is 22.5 Å². The maximum atomic E-state index is 13.5. The van der Waals surface area contributed by atoms with Crippen LogP contribution in [0.4, 0.5) is 5.69 Å². The lowest BCUT2D eigenvalue weighted by Gasteiger charge is -2.25. The minimum absolute atomic E-state index is 0.0687. The highest BCUT2D eigenvalue weighted by Gasteiger charge is 2.28. The Bertz CT molecular complexity index is 1260. The fourth-order valence-corrected chi connectivity index (χ4v) is 5.29. The van der Waals surface area contributed by atoms with Gasteiger partial charge in [-0.3, -0.25) is 9.10 Å². The summed E-state index contributed by atoms with van der Waals surface area (Å²) in [4.78, 5) is 13.0. The summed E-state index contributed by atoms with van der Waals surface area (Å²) in [5, 5.41) is 3.43. The second-order valence-corrected chi connectivity index (χ2v) is 10.8. The molecule has 8 heteroatoms. The molecule has 0 heterocycles. The first-order valence-electron chi connectivity index (χ1n) is 10.4. The van der Waals surface area contributed by atoms with Gasteiger partial charge in [-0.05, 0) is 74.7 Å². The van der Waals surface area contributed by atoms with Crippen LogP contribution in [-0.4, -0.2) is 20.9 Å². The summed E-state index contributed by atoms with van der Waals surface area (Å²) in [7, 11) is -4.06. The molecule has 1 amide bonds. The van der Waals surface area contributed by atoms with E-state index in [1.807, 2.05) is 45.9 Å². The molecule has 0 saturated carbocycles. The zero-order chi connectivity index (χ0) is 24.3. The summed E-state index contributed by atoms with van der Waals surface area (Å²) in [6.45, 7) is 7.32. The minimum Gasteiger partial charge on any atom is -0.348 e. The first-order valence-corrected chi connectivity index (χ1v) is 12.6. The molecule has 0 saturated heterocycles. The number of rotatable bonds is 7. The lowest BCUT2D eigenvalue weighted by atomic mass is 10.0. The molecule has 0 aliphatic carbocycles. The van der Waals surface area contributed by atoms with Crippen molar-refractivity contribution in [2.75, 3.05) is 10.8 Å². The van der Waals surface area contributed by atoms with Crippen molar-refractivity contribution in [3.05, 3.63) is 93.0 Å². The zero-order valence-corrected chi connectivity index (χ0v) is 21.2. The molecule has 0 spiro atoms. The molecule has 0 aromatic heterocycles. The molecule has 174 valence electrons. The van der Waals surface area contributed by atoms with E-state index in [9.17, 15) is 13.2 Å². The van der Waals surface area contributed by atoms with Crippen LogP contribution in [0.25, 0.3) is 0 Å². The Balaban J connectivity index is 1.93. The molecule has 3 aromatic rings. The van der Waals surface area contributed by atoms with E-state index in [2.05, 4.69) is 5.32 Å². The summed E-state index contributed by atoms with van der Waals surface area (Å²) >= 11 is 12.3. The summed E-state index contributed by atoms with van der Waals surface area (Å²) in [5.74, 6) is -0.451. The molecule has 0 fully saturated rings. The highest BCUT2D eigenvalue weighted by Crippen LogP contribution is 2.30. The van der Waals surface area contributed by atoms with Crippen LogP contribution in [0.2, 0.25) is 10.0 Å². The van der Waals surface area contributed by atoms with E-state index in [0.717, 1.165) is 26.6 Å². The number of nitrogens with one attached hydrogen (secondary N) is 1. The van der Waals surface area contributed by atoms with Crippen molar-refractivity contribution in [3.8, 4) is 0 Å². The van der Waals surface area contributed by atoms with Gasteiger partial charge in [0.25, 0.3) is 10.0 Å². The maximum absolute atomic E-state index is 13.5. The molecule has 1 unspecified atom stereocenters. The van der Waals surface area contributed by atoms with Crippen LogP contribution in [0.15, 0.2) is 65.6 Å². The van der Waals surface area contributed by atoms with Crippen LogP contribution in [0.1, 0.15) is 35.2 Å². The third kappa shape index (κ3) is 6.08. The second-order valence-electron chi connectivity index (χ2n) is 8.09. The molecular formula is C25H26Cl2N2O3S. The molecular weight excluding hydrogens is 479 g/mol. The summed E-state index contributed by atoms with van der Waals surface area (Å²) in [6.07, 6.45) is 0. The number of sulfonamides is 1. The number of hydrogen-bond donors (Lipinski definition) is 1. The molecule has 1 atom stereocenters. The van der Waals surface area contributed by atoms with Crippen molar-refractivity contribution >= 4 is 44.8 Å². The molecule has 3 rings (SSSR count). The van der Waals surface area contributed by atoms with Gasteiger partial charge in [-0.2, -0.15) is 0 Å². The topological polar surface area (TPSA) is 66.5 Å². The Labute approximate surface area is 205 Å². The molecule has 0 bridgehead atoms. The molecule has 5 nitrogen and oxygen atoms in total. The van der Waals surface area contributed by atoms with E-state index in [-0.39, 0.29) is 26.7 Å². The Morgan fingerprint density at radius 3 is 2.09 bits per heavy atom. The van der Waals surface area contributed by atoms with Gasteiger partial charge in [0.05, 0.1) is 16.6 Å². The number of nitrogens with zero attached hydrogens (tertiary/aromatic N) is 1. The predicted octanol–water partition coefficient (Wildman–Crippen LogP) is 5.99. The fraction of sp³-hybridized carbons (Fsp3) is 0.240. The van der Waals surface area contributed by atoms with Gasteiger partial charge in [-0.25, -0.2) is 8.42 Å². The van der Waals surface area contributed by atoms with Gasteiger partial charge in [0.15, 0.2) is 0 Å². The Morgan fingerprint density at radius 2 is 1.52 bits per heavy atom. The van der Waals surface area contributed by atoms with Gasteiger partial charge in [-0.1, -0.05) is 59.1 Å². The van der Waals surface area contributed by atoms with Crippen LogP contribution < -0.4 is 9.62 Å². The Hall–Kier alpha value is -2.54. The van der Waals surface area contributed by atoms with E-state index in [1.54, 1.807) is 12.1 Å². The van der Waals surface area contributed by atoms with Crippen molar-refractivity contribution in [2.24, 2.45) is 0 Å². The number of amides is 1. The first-order chi connectivity index (χ1) is 15.5. The maximum Gasteiger partial charge on any atom is 0.264 e. The van der Waals surface area contributed by atoms with Gasteiger partial charge in [0, 0.05) is 10.0 Å². The average Bonchev–Trinajstić information content (AvgIpc) is 2.73. The van der Waals surface area contributed by atoms with Gasteiger partial charge in [0.1, 0.15) is 6.54 Å². The standard InChI is InChI=1S/C25H26Cl2N2O3S/c1-16-5-9-24(10-6-16)33(31,32)29(23-13-21(26)12-22(27)14-23)15-25(30)28-19(4)20-8-7-17(2)18(3)11-20/h5-14,19H,15H2,1-4H3,(H,28,30). The zero-order valence-electron chi connectivity index (χ0n) is 18.9. The summed E-state index contributed by atoms with van der Waals surface area (Å²) in [5.41, 5.74) is 4.34. The normalized spacial score (nSPS) is 12.3. The Morgan fingerprint density at radius 1 is 0.909 bits per heavy atom. The molecule has 0 radical (unpaired) electrons. The van der Waals surface area contributed by atoms with Crippen LogP contribution in [0.3, 0.4) is 0 Å². The monoisotopic (exact) mass is 504 g/mol. The largest absolute Gasteiger partial charge is 0.348 e. The average molecular weight is 505 g/mol. The van der Waals surface area contributed by atoms with E-state index in [4.69, 9.17) is 23.2 Å². The van der Waals surface area contributed by atoms with Crippen LogP contribution >= 0.6 is 23.2 Å². The summed E-state index contributed by atoms with van der Waals surface area (Å²) in [6, 6.07) is 16.5. The number of halogens is 2. The number of aryl methyl sites for hydroxylation is 3. The van der Waals surface area contributed by atoms with Crippen molar-refractivity contribution in [1.29, 1.82) is 0 Å². The molecule has 33 heavy (non-hydrogen) atoms. The molecule has 3 aromatic carbocycles. The van der Waals surface area contributed by atoms with Crippen molar-refractivity contribution in [2.45, 2.75) is 38.6 Å². The van der Waals surface area contributed by atoms with Crippen LogP contribution in [0, 0.1) is 20.8 Å². The highest BCUT2D eigenvalue weighted by atomic mass is 35.5. The number of carbonyl (C=O) groups excluding carboxylic acids is 1. The van der Waals surface area contributed by atoms with E-state index in [0.29, 0.717) is 0 Å². The van der Waals surface area contributed by atoms with E-state index in [1.165, 1.54) is 30.3 Å². The SMILES string of the molecule is Cc1ccc(S(=O)(=O)N(CC(=O)NC(C)c2ccc(C)c(C)c2)c2cc(Cl)cc(Cl)c2)cc1. The van der Waals surface area contributed by atoms with Crippen LogP contribution in [-0.2, 0) is 14.8 Å².